The van der Waals surface area contributed by atoms with Crippen molar-refractivity contribution in [1.82, 2.24) is 0 Å². The number of hydrogen-bond acceptors (Lipinski definition) is 2. The first-order valence-corrected chi connectivity index (χ1v) is 5.25. The van der Waals surface area contributed by atoms with Crippen LogP contribution in [0.5, 0.6) is 0 Å². The standard InChI is InChI=1S/C11H14FNS/c1-7(2)6-14-10-5-4-9(13)11(12)8(10)3/h4-6H,13H2,1-3H3. The molecule has 0 bridgehead atoms. The van der Waals surface area contributed by atoms with Crippen LogP contribution < -0.4 is 5.73 Å². The highest BCUT2D eigenvalue weighted by Gasteiger charge is 2.06. The van der Waals surface area contributed by atoms with Crippen LogP contribution in [0.15, 0.2) is 28.0 Å². The van der Waals surface area contributed by atoms with Crippen molar-refractivity contribution < 1.29 is 4.39 Å². The number of benzene rings is 1. The Kier molecular flexibility index (Phi) is 3.58. The number of thioether (sulfide) groups is 1. The first kappa shape index (κ1) is 11.1. The summed E-state index contributed by atoms with van der Waals surface area (Å²) in [5, 5.41) is 2.00. The molecule has 0 fully saturated rings. The Labute approximate surface area is 88.2 Å². The van der Waals surface area contributed by atoms with Crippen molar-refractivity contribution >= 4 is 17.4 Å². The SMILES string of the molecule is CC(C)=CSc1ccc(N)c(F)c1C. The van der Waals surface area contributed by atoms with Crippen molar-refractivity contribution in [2.24, 2.45) is 0 Å². The second kappa shape index (κ2) is 4.51. The molecule has 0 aliphatic carbocycles. The van der Waals surface area contributed by atoms with E-state index in [1.165, 1.54) is 17.3 Å². The summed E-state index contributed by atoms with van der Waals surface area (Å²) in [6.07, 6.45) is 0. The molecule has 2 N–H and O–H groups in total. The molecule has 0 aromatic heterocycles. The molecule has 0 saturated heterocycles. The maximum atomic E-state index is 13.4. The van der Waals surface area contributed by atoms with Gasteiger partial charge in [-0.1, -0.05) is 17.3 Å². The van der Waals surface area contributed by atoms with Crippen LogP contribution in [-0.2, 0) is 0 Å². The minimum absolute atomic E-state index is 0.212. The van der Waals surface area contributed by atoms with Gasteiger partial charge in [-0.3, -0.25) is 0 Å². The molecule has 0 spiro atoms. The summed E-state index contributed by atoms with van der Waals surface area (Å²) < 4.78 is 13.4. The molecule has 3 heteroatoms. The number of anilines is 1. The van der Waals surface area contributed by atoms with Gasteiger partial charge in [-0.2, -0.15) is 0 Å². The summed E-state index contributed by atoms with van der Waals surface area (Å²) in [4.78, 5) is 0.915. The predicted molar refractivity (Wildman–Crippen MR) is 60.8 cm³/mol. The Balaban J connectivity index is 3.00. The maximum Gasteiger partial charge on any atom is 0.150 e. The van der Waals surface area contributed by atoms with Crippen LogP contribution in [-0.4, -0.2) is 0 Å². The number of halogens is 1. The van der Waals surface area contributed by atoms with Gasteiger partial charge in [0.15, 0.2) is 0 Å². The molecule has 14 heavy (non-hydrogen) atoms. The summed E-state index contributed by atoms with van der Waals surface area (Å²) in [6, 6.07) is 3.45. The van der Waals surface area contributed by atoms with Crippen molar-refractivity contribution in [3.63, 3.8) is 0 Å². The van der Waals surface area contributed by atoms with E-state index >= 15 is 0 Å². The van der Waals surface area contributed by atoms with Gasteiger partial charge in [-0.05, 0) is 38.3 Å². The lowest BCUT2D eigenvalue weighted by molar-refractivity contribution is 0.618. The molecule has 1 rings (SSSR count). The molecule has 0 aliphatic heterocycles. The zero-order chi connectivity index (χ0) is 10.7. The van der Waals surface area contributed by atoms with Crippen molar-refractivity contribution in [1.29, 1.82) is 0 Å². The molecule has 1 aromatic rings. The van der Waals surface area contributed by atoms with E-state index in [1.54, 1.807) is 13.0 Å². The molecular formula is C11H14FNS. The molecular weight excluding hydrogens is 197 g/mol. The van der Waals surface area contributed by atoms with Gasteiger partial charge in [0.05, 0.1) is 5.69 Å². The summed E-state index contributed by atoms with van der Waals surface area (Å²) in [5.41, 5.74) is 7.48. The average molecular weight is 211 g/mol. The van der Waals surface area contributed by atoms with Gasteiger partial charge in [0.1, 0.15) is 5.82 Å². The second-order valence-electron chi connectivity index (χ2n) is 3.40. The topological polar surface area (TPSA) is 26.0 Å². The van der Waals surface area contributed by atoms with Crippen LogP contribution in [0.2, 0.25) is 0 Å². The van der Waals surface area contributed by atoms with Gasteiger partial charge in [0, 0.05) is 10.5 Å². The van der Waals surface area contributed by atoms with Gasteiger partial charge < -0.3 is 5.73 Å². The zero-order valence-corrected chi connectivity index (χ0v) is 9.41. The molecule has 0 unspecified atom stereocenters. The lowest BCUT2D eigenvalue weighted by atomic mass is 10.2. The fourth-order valence-electron chi connectivity index (χ4n) is 0.997. The highest BCUT2D eigenvalue weighted by atomic mass is 32.2. The Bertz CT molecular complexity index is 368. The fraction of sp³-hybridized carbons (Fsp3) is 0.273. The smallest absolute Gasteiger partial charge is 0.150 e. The average Bonchev–Trinajstić information content (AvgIpc) is 2.13. The van der Waals surface area contributed by atoms with E-state index in [9.17, 15) is 4.39 Å². The van der Waals surface area contributed by atoms with Crippen LogP contribution >= 0.6 is 11.8 Å². The molecule has 0 atom stereocenters. The van der Waals surface area contributed by atoms with Crippen LogP contribution in [0.25, 0.3) is 0 Å². The molecule has 0 radical (unpaired) electrons. The van der Waals surface area contributed by atoms with Gasteiger partial charge in [0.25, 0.3) is 0 Å². The van der Waals surface area contributed by atoms with Crippen LogP contribution in [0, 0.1) is 12.7 Å². The van der Waals surface area contributed by atoms with Gasteiger partial charge >= 0.3 is 0 Å². The van der Waals surface area contributed by atoms with Crippen molar-refractivity contribution in [2.75, 3.05) is 5.73 Å². The lowest BCUT2D eigenvalue weighted by Crippen LogP contribution is -1.94. The summed E-state index contributed by atoms with van der Waals surface area (Å²) in [7, 11) is 0. The van der Waals surface area contributed by atoms with E-state index in [-0.39, 0.29) is 11.5 Å². The van der Waals surface area contributed by atoms with Crippen LogP contribution in [0.4, 0.5) is 10.1 Å². The van der Waals surface area contributed by atoms with Crippen molar-refractivity contribution in [3.8, 4) is 0 Å². The van der Waals surface area contributed by atoms with Crippen LogP contribution in [0.3, 0.4) is 0 Å². The van der Waals surface area contributed by atoms with Crippen LogP contribution in [0.1, 0.15) is 19.4 Å². The monoisotopic (exact) mass is 211 g/mol. The predicted octanol–water partition coefficient (Wildman–Crippen LogP) is 3.73. The quantitative estimate of drug-likeness (QED) is 0.596. The molecule has 1 nitrogen and oxygen atoms in total. The van der Waals surface area contributed by atoms with Gasteiger partial charge in [-0.15, -0.1) is 0 Å². The van der Waals surface area contributed by atoms with E-state index in [0.717, 1.165) is 4.90 Å². The number of nitrogens with two attached hydrogens (primary N) is 1. The lowest BCUT2D eigenvalue weighted by Gasteiger charge is -2.05. The van der Waals surface area contributed by atoms with Gasteiger partial charge in [0.2, 0.25) is 0 Å². The molecule has 0 aliphatic rings. The molecule has 0 heterocycles. The molecule has 0 amide bonds. The van der Waals surface area contributed by atoms with E-state index in [0.29, 0.717) is 5.56 Å². The number of nitrogen functional groups attached to an aromatic ring is 1. The highest BCUT2D eigenvalue weighted by Crippen LogP contribution is 2.28. The van der Waals surface area contributed by atoms with E-state index in [1.807, 2.05) is 25.3 Å². The van der Waals surface area contributed by atoms with E-state index < -0.39 is 0 Å². The summed E-state index contributed by atoms with van der Waals surface area (Å²) >= 11 is 1.52. The molecule has 0 saturated carbocycles. The number of hydrogen-bond donors (Lipinski definition) is 1. The fourth-order valence-corrected chi connectivity index (χ4v) is 1.77. The molecule has 1 aromatic carbocycles. The molecule has 76 valence electrons. The Morgan fingerprint density at radius 2 is 2.07 bits per heavy atom. The third kappa shape index (κ3) is 2.51. The maximum absolute atomic E-state index is 13.4. The van der Waals surface area contributed by atoms with E-state index in [2.05, 4.69) is 0 Å². The number of allylic oxidation sites excluding steroid dienone is 1. The largest absolute Gasteiger partial charge is 0.396 e. The van der Waals surface area contributed by atoms with Crippen molar-refractivity contribution in [2.45, 2.75) is 25.7 Å². The van der Waals surface area contributed by atoms with Crippen molar-refractivity contribution in [3.05, 3.63) is 34.5 Å². The Morgan fingerprint density at radius 3 is 2.64 bits per heavy atom. The number of rotatable bonds is 2. The third-order valence-electron chi connectivity index (χ3n) is 1.79. The Hall–Kier alpha value is -0.960. The third-order valence-corrected chi connectivity index (χ3v) is 3.07. The first-order valence-electron chi connectivity index (χ1n) is 4.37. The van der Waals surface area contributed by atoms with E-state index in [4.69, 9.17) is 5.73 Å². The highest BCUT2D eigenvalue weighted by molar-refractivity contribution is 8.02. The minimum Gasteiger partial charge on any atom is -0.396 e. The second-order valence-corrected chi connectivity index (χ2v) is 4.32. The minimum atomic E-state index is -0.308. The normalized spacial score (nSPS) is 10.0. The Morgan fingerprint density at radius 1 is 1.43 bits per heavy atom. The zero-order valence-electron chi connectivity index (χ0n) is 8.60. The summed E-state index contributed by atoms with van der Waals surface area (Å²) in [6.45, 7) is 5.76. The summed E-state index contributed by atoms with van der Waals surface area (Å²) in [5.74, 6) is -0.308. The van der Waals surface area contributed by atoms with Gasteiger partial charge in [-0.25, -0.2) is 4.39 Å². The first-order chi connectivity index (χ1) is 6.52.